The lowest BCUT2D eigenvalue weighted by Crippen LogP contribution is -2.39. The van der Waals surface area contributed by atoms with Crippen molar-refractivity contribution in [2.75, 3.05) is 6.54 Å². The van der Waals surface area contributed by atoms with E-state index in [0.717, 1.165) is 30.3 Å². The number of nitrogens with one attached hydrogen (secondary N) is 1. The van der Waals surface area contributed by atoms with Gasteiger partial charge in [0.2, 0.25) is 0 Å². The van der Waals surface area contributed by atoms with Gasteiger partial charge in [-0.15, -0.1) is 0 Å². The van der Waals surface area contributed by atoms with E-state index in [-0.39, 0.29) is 0 Å². The predicted octanol–water partition coefficient (Wildman–Crippen LogP) is 2.81. The maximum absolute atomic E-state index is 3.72. The Morgan fingerprint density at radius 2 is 2.00 bits per heavy atom. The van der Waals surface area contributed by atoms with E-state index >= 15 is 0 Å². The fourth-order valence-electron chi connectivity index (χ4n) is 3.07. The normalized spacial score (nSPS) is 36.5. The number of hydrogen-bond acceptors (Lipinski definition) is 1. The van der Waals surface area contributed by atoms with Crippen molar-refractivity contribution in [3.8, 4) is 0 Å². The standard InChI is InChI=1S/C12H23N/c1-3-13-12(10-7-8-10)11-6-4-5-9(11)2/h9-13H,3-8H2,1-2H3. The van der Waals surface area contributed by atoms with Crippen LogP contribution in [0.25, 0.3) is 0 Å². The Hall–Kier alpha value is -0.0400. The molecular formula is C12H23N. The summed E-state index contributed by atoms with van der Waals surface area (Å²) in [5.41, 5.74) is 0. The first-order valence-corrected chi connectivity index (χ1v) is 6.06. The molecule has 2 fully saturated rings. The Morgan fingerprint density at radius 1 is 1.23 bits per heavy atom. The molecule has 0 spiro atoms. The van der Waals surface area contributed by atoms with E-state index in [2.05, 4.69) is 19.2 Å². The molecule has 3 unspecified atom stereocenters. The molecular weight excluding hydrogens is 158 g/mol. The van der Waals surface area contributed by atoms with Gasteiger partial charge in [-0.25, -0.2) is 0 Å². The smallest absolute Gasteiger partial charge is 0.0126 e. The summed E-state index contributed by atoms with van der Waals surface area (Å²) in [4.78, 5) is 0. The maximum Gasteiger partial charge on any atom is 0.0126 e. The average molecular weight is 181 g/mol. The van der Waals surface area contributed by atoms with Gasteiger partial charge in [0.05, 0.1) is 0 Å². The van der Waals surface area contributed by atoms with Crippen molar-refractivity contribution in [3.63, 3.8) is 0 Å². The van der Waals surface area contributed by atoms with Crippen LogP contribution in [0.3, 0.4) is 0 Å². The Kier molecular flexibility index (Phi) is 2.92. The van der Waals surface area contributed by atoms with Crippen LogP contribution in [0.4, 0.5) is 0 Å². The van der Waals surface area contributed by atoms with E-state index in [1.54, 1.807) is 0 Å². The van der Waals surface area contributed by atoms with Gasteiger partial charge in [-0.05, 0) is 43.6 Å². The van der Waals surface area contributed by atoms with Crippen molar-refractivity contribution in [3.05, 3.63) is 0 Å². The molecule has 0 aromatic rings. The minimum Gasteiger partial charge on any atom is -0.314 e. The summed E-state index contributed by atoms with van der Waals surface area (Å²) >= 11 is 0. The van der Waals surface area contributed by atoms with Crippen LogP contribution in [-0.4, -0.2) is 12.6 Å². The van der Waals surface area contributed by atoms with Crippen LogP contribution in [-0.2, 0) is 0 Å². The first-order chi connectivity index (χ1) is 6.33. The van der Waals surface area contributed by atoms with Gasteiger partial charge in [0.1, 0.15) is 0 Å². The van der Waals surface area contributed by atoms with Crippen LogP contribution >= 0.6 is 0 Å². The molecule has 0 heterocycles. The fraction of sp³-hybridized carbons (Fsp3) is 1.00. The summed E-state index contributed by atoms with van der Waals surface area (Å²) in [5, 5.41) is 3.72. The Morgan fingerprint density at radius 3 is 2.46 bits per heavy atom. The lowest BCUT2D eigenvalue weighted by Gasteiger charge is -2.27. The second-order valence-electron chi connectivity index (χ2n) is 4.99. The van der Waals surface area contributed by atoms with Crippen molar-refractivity contribution >= 4 is 0 Å². The molecule has 1 N–H and O–H groups in total. The van der Waals surface area contributed by atoms with Crippen molar-refractivity contribution in [2.24, 2.45) is 17.8 Å². The molecule has 0 saturated heterocycles. The van der Waals surface area contributed by atoms with Crippen molar-refractivity contribution in [1.82, 2.24) is 5.32 Å². The van der Waals surface area contributed by atoms with E-state index in [4.69, 9.17) is 0 Å². The maximum atomic E-state index is 3.72. The molecule has 2 aliphatic carbocycles. The van der Waals surface area contributed by atoms with Gasteiger partial charge in [0.25, 0.3) is 0 Å². The van der Waals surface area contributed by atoms with Crippen LogP contribution in [0, 0.1) is 17.8 Å². The molecule has 0 aromatic heterocycles. The molecule has 0 amide bonds. The Labute approximate surface area is 82.3 Å². The lowest BCUT2D eigenvalue weighted by atomic mass is 9.87. The summed E-state index contributed by atoms with van der Waals surface area (Å²) < 4.78 is 0. The van der Waals surface area contributed by atoms with Gasteiger partial charge in [-0.3, -0.25) is 0 Å². The van der Waals surface area contributed by atoms with Gasteiger partial charge in [-0.1, -0.05) is 26.7 Å². The molecule has 2 rings (SSSR count). The van der Waals surface area contributed by atoms with Crippen molar-refractivity contribution in [2.45, 2.75) is 52.0 Å². The molecule has 1 heteroatoms. The molecule has 3 atom stereocenters. The third-order valence-electron chi connectivity index (χ3n) is 3.96. The Bertz CT molecular complexity index is 163. The van der Waals surface area contributed by atoms with Gasteiger partial charge < -0.3 is 5.32 Å². The highest BCUT2D eigenvalue weighted by atomic mass is 14.9. The molecule has 13 heavy (non-hydrogen) atoms. The van der Waals surface area contributed by atoms with E-state index in [1.807, 2.05) is 0 Å². The monoisotopic (exact) mass is 181 g/mol. The largest absolute Gasteiger partial charge is 0.314 e. The molecule has 0 bridgehead atoms. The van der Waals surface area contributed by atoms with E-state index in [9.17, 15) is 0 Å². The highest BCUT2D eigenvalue weighted by Gasteiger charge is 2.39. The van der Waals surface area contributed by atoms with Crippen molar-refractivity contribution in [1.29, 1.82) is 0 Å². The van der Waals surface area contributed by atoms with E-state index in [0.29, 0.717) is 0 Å². The van der Waals surface area contributed by atoms with Gasteiger partial charge in [-0.2, -0.15) is 0 Å². The van der Waals surface area contributed by atoms with Crippen LogP contribution in [0.5, 0.6) is 0 Å². The van der Waals surface area contributed by atoms with E-state index in [1.165, 1.54) is 32.1 Å². The van der Waals surface area contributed by atoms with Crippen LogP contribution in [0.15, 0.2) is 0 Å². The number of rotatable bonds is 4. The molecule has 1 nitrogen and oxygen atoms in total. The molecule has 2 aliphatic rings. The fourth-order valence-corrected chi connectivity index (χ4v) is 3.07. The Balaban J connectivity index is 1.92. The van der Waals surface area contributed by atoms with Gasteiger partial charge >= 0.3 is 0 Å². The predicted molar refractivity (Wildman–Crippen MR) is 56.7 cm³/mol. The SMILES string of the molecule is CCNC(C1CC1)C1CCCC1C. The molecule has 0 aliphatic heterocycles. The summed E-state index contributed by atoms with van der Waals surface area (Å²) in [7, 11) is 0. The first kappa shape index (κ1) is 9.51. The minimum absolute atomic E-state index is 0.863. The second kappa shape index (κ2) is 4.00. The molecule has 2 saturated carbocycles. The van der Waals surface area contributed by atoms with Crippen LogP contribution < -0.4 is 5.32 Å². The third-order valence-corrected chi connectivity index (χ3v) is 3.96. The lowest BCUT2D eigenvalue weighted by molar-refractivity contribution is 0.275. The van der Waals surface area contributed by atoms with E-state index < -0.39 is 0 Å². The zero-order valence-corrected chi connectivity index (χ0v) is 9.05. The zero-order valence-electron chi connectivity index (χ0n) is 9.05. The molecule has 0 aromatic carbocycles. The van der Waals surface area contributed by atoms with Gasteiger partial charge in [0, 0.05) is 6.04 Å². The first-order valence-electron chi connectivity index (χ1n) is 6.06. The zero-order chi connectivity index (χ0) is 9.26. The topological polar surface area (TPSA) is 12.0 Å². The minimum atomic E-state index is 0.863. The summed E-state index contributed by atoms with van der Waals surface area (Å²) in [6.45, 7) is 5.85. The summed E-state index contributed by atoms with van der Waals surface area (Å²) in [6, 6.07) is 0.863. The quantitative estimate of drug-likeness (QED) is 0.703. The number of hydrogen-bond donors (Lipinski definition) is 1. The second-order valence-corrected chi connectivity index (χ2v) is 4.99. The van der Waals surface area contributed by atoms with Crippen molar-refractivity contribution < 1.29 is 0 Å². The molecule has 76 valence electrons. The summed E-state index contributed by atoms with van der Waals surface area (Å²) in [6.07, 6.45) is 7.40. The highest BCUT2D eigenvalue weighted by molar-refractivity contribution is 4.94. The van der Waals surface area contributed by atoms with Crippen LogP contribution in [0.1, 0.15) is 46.0 Å². The average Bonchev–Trinajstić information content (AvgIpc) is 2.86. The highest BCUT2D eigenvalue weighted by Crippen LogP contribution is 2.43. The summed E-state index contributed by atoms with van der Waals surface area (Å²) in [5.74, 6) is 3.00. The molecule has 0 radical (unpaired) electrons. The third kappa shape index (κ3) is 2.07. The van der Waals surface area contributed by atoms with Crippen LogP contribution in [0.2, 0.25) is 0 Å². The van der Waals surface area contributed by atoms with Gasteiger partial charge in [0.15, 0.2) is 0 Å².